The summed E-state index contributed by atoms with van der Waals surface area (Å²) in [6, 6.07) is 5.57. The van der Waals surface area contributed by atoms with Crippen molar-refractivity contribution in [2.75, 3.05) is 20.1 Å². The van der Waals surface area contributed by atoms with Gasteiger partial charge in [-0.25, -0.2) is 0 Å². The van der Waals surface area contributed by atoms with E-state index < -0.39 is 0 Å². The van der Waals surface area contributed by atoms with E-state index in [1.807, 2.05) is 19.2 Å². The molecule has 0 aromatic heterocycles. The maximum Gasteiger partial charge on any atom is 0.0424 e. The molecule has 2 nitrogen and oxygen atoms in total. The molecule has 0 aliphatic carbocycles. The minimum Gasteiger partial charge on any atom is -0.318 e. The molecule has 1 aromatic rings. The predicted octanol–water partition coefficient (Wildman–Crippen LogP) is 2.30. The smallest absolute Gasteiger partial charge is 0.0424 e. The van der Waals surface area contributed by atoms with E-state index in [-0.39, 0.29) is 0 Å². The summed E-state index contributed by atoms with van der Waals surface area (Å²) >= 11 is 11.7. The minimum absolute atomic E-state index is 0.683. The fourth-order valence-electron chi connectivity index (χ4n) is 1.16. The Morgan fingerprint density at radius 3 is 2.29 bits per heavy atom. The van der Waals surface area contributed by atoms with Crippen LogP contribution in [0, 0.1) is 0 Å². The first-order chi connectivity index (χ1) is 6.72. The van der Waals surface area contributed by atoms with Gasteiger partial charge in [-0.05, 0) is 30.8 Å². The monoisotopic (exact) mass is 232 g/mol. The first-order valence-electron chi connectivity index (χ1n) is 4.52. The molecule has 0 radical (unpaired) electrons. The molecule has 0 saturated heterocycles. The van der Waals surface area contributed by atoms with Crippen LogP contribution in [-0.4, -0.2) is 20.1 Å². The molecule has 0 heterocycles. The van der Waals surface area contributed by atoms with Crippen molar-refractivity contribution >= 4 is 23.2 Å². The molecule has 1 rings (SSSR count). The average molecular weight is 233 g/mol. The lowest BCUT2D eigenvalue weighted by molar-refractivity contribution is 0.651. The van der Waals surface area contributed by atoms with Crippen LogP contribution in [-0.2, 0) is 6.54 Å². The molecule has 2 N–H and O–H groups in total. The molecular formula is C10H14Cl2N2. The third-order valence-electron chi connectivity index (χ3n) is 1.80. The van der Waals surface area contributed by atoms with Gasteiger partial charge in [0, 0.05) is 29.7 Å². The number of likely N-dealkylation sites (N-methyl/N-ethyl adjacent to an activating group) is 1. The highest BCUT2D eigenvalue weighted by Crippen LogP contribution is 2.18. The molecule has 0 saturated carbocycles. The van der Waals surface area contributed by atoms with Gasteiger partial charge in [-0.2, -0.15) is 0 Å². The van der Waals surface area contributed by atoms with Crippen molar-refractivity contribution in [1.29, 1.82) is 0 Å². The van der Waals surface area contributed by atoms with E-state index in [1.165, 1.54) is 0 Å². The summed E-state index contributed by atoms with van der Waals surface area (Å²) in [4.78, 5) is 0. The van der Waals surface area contributed by atoms with Crippen LogP contribution in [0.15, 0.2) is 18.2 Å². The second-order valence-corrected chi connectivity index (χ2v) is 3.93. The highest BCUT2D eigenvalue weighted by Gasteiger charge is 1.97. The van der Waals surface area contributed by atoms with E-state index in [2.05, 4.69) is 10.6 Å². The summed E-state index contributed by atoms with van der Waals surface area (Å²) in [5.41, 5.74) is 1.11. The van der Waals surface area contributed by atoms with Gasteiger partial charge in [0.2, 0.25) is 0 Å². The summed E-state index contributed by atoms with van der Waals surface area (Å²) in [7, 11) is 1.93. The first-order valence-corrected chi connectivity index (χ1v) is 5.28. The summed E-state index contributed by atoms with van der Waals surface area (Å²) in [5.74, 6) is 0. The van der Waals surface area contributed by atoms with Crippen LogP contribution in [0.3, 0.4) is 0 Å². The number of halogens is 2. The molecule has 0 unspecified atom stereocenters. The van der Waals surface area contributed by atoms with Gasteiger partial charge in [0.1, 0.15) is 0 Å². The number of benzene rings is 1. The van der Waals surface area contributed by atoms with Crippen LogP contribution in [0.25, 0.3) is 0 Å². The Balaban J connectivity index is 2.42. The molecular weight excluding hydrogens is 219 g/mol. The van der Waals surface area contributed by atoms with Gasteiger partial charge >= 0.3 is 0 Å². The number of rotatable bonds is 5. The maximum absolute atomic E-state index is 5.87. The minimum atomic E-state index is 0.683. The van der Waals surface area contributed by atoms with Gasteiger partial charge in [0.05, 0.1) is 0 Å². The van der Waals surface area contributed by atoms with Crippen LogP contribution in [0.4, 0.5) is 0 Å². The Labute approximate surface area is 94.6 Å². The summed E-state index contributed by atoms with van der Waals surface area (Å²) < 4.78 is 0. The molecule has 0 atom stereocenters. The number of nitrogens with one attached hydrogen (secondary N) is 2. The fourth-order valence-corrected chi connectivity index (χ4v) is 1.73. The Morgan fingerprint density at radius 1 is 1.07 bits per heavy atom. The van der Waals surface area contributed by atoms with Gasteiger partial charge < -0.3 is 10.6 Å². The molecule has 1 aromatic carbocycles. The zero-order valence-electron chi connectivity index (χ0n) is 8.11. The van der Waals surface area contributed by atoms with Crippen molar-refractivity contribution in [3.8, 4) is 0 Å². The van der Waals surface area contributed by atoms with Crippen molar-refractivity contribution in [3.05, 3.63) is 33.8 Å². The van der Waals surface area contributed by atoms with Gasteiger partial charge in [-0.15, -0.1) is 0 Å². The highest BCUT2D eigenvalue weighted by molar-refractivity contribution is 6.34. The van der Waals surface area contributed by atoms with E-state index in [1.54, 1.807) is 6.07 Å². The Kier molecular flexibility index (Phi) is 5.26. The number of hydrogen-bond acceptors (Lipinski definition) is 2. The topological polar surface area (TPSA) is 24.1 Å². The van der Waals surface area contributed by atoms with E-state index >= 15 is 0 Å². The Hall–Kier alpha value is -0.280. The molecule has 0 spiro atoms. The summed E-state index contributed by atoms with van der Waals surface area (Å²) in [5, 5.41) is 7.71. The zero-order valence-corrected chi connectivity index (χ0v) is 9.62. The van der Waals surface area contributed by atoms with Crippen molar-refractivity contribution in [3.63, 3.8) is 0 Å². The molecule has 0 aliphatic rings. The fraction of sp³-hybridized carbons (Fsp3) is 0.400. The average Bonchev–Trinajstić information content (AvgIpc) is 2.11. The molecule has 0 bridgehead atoms. The van der Waals surface area contributed by atoms with Crippen molar-refractivity contribution < 1.29 is 0 Å². The lowest BCUT2D eigenvalue weighted by Crippen LogP contribution is -2.24. The second kappa shape index (κ2) is 6.25. The van der Waals surface area contributed by atoms with E-state index in [9.17, 15) is 0 Å². The predicted molar refractivity (Wildman–Crippen MR) is 62.1 cm³/mol. The molecule has 0 amide bonds. The van der Waals surface area contributed by atoms with Crippen molar-refractivity contribution in [1.82, 2.24) is 10.6 Å². The number of hydrogen-bond donors (Lipinski definition) is 2. The third-order valence-corrected chi connectivity index (χ3v) is 2.24. The standard InChI is InChI=1S/C10H14Cl2N2/c1-13-2-3-14-7-8-4-9(11)6-10(12)5-8/h4-6,13-14H,2-3,7H2,1H3. The van der Waals surface area contributed by atoms with Crippen molar-refractivity contribution in [2.24, 2.45) is 0 Å². The second-order valence-electron chi connectivity index (χ2n) is 3.06. The lowest BCUT2D eigenvalue weighted by Gasteiger charge is -2.05. The lowest BCUT2D eigenvalue weighted by atomic mass is 10.2. The van der Waals surface area contributed by atoms with E-state index in [0.29, 0.717) is 10.0 Å². The van der Waals surface area contributed by atoms with E-state index in [0.717, 1.165) is 25.2 Å². The highest BCUT2D eigenvalue weighted by atomic mass is 35.5. The van der Waals surface area contributed by atoms with Gasteiger partial charge in [-0.1, -0.05) is 23.2 Å². The third kappa shape index (κ3) is 4.29. The van der Waals surface area contributed by atoms with Crippen LogP contribution in [0.5, 0.6) is 0 Å². The Bertz CT molecular complexity index is 269. The molecule has 0 aliphatic heterocycles. The summed E-state index contributed by atoms with van der Waals surface area (Å²) in [6.45, 7) is 2.68. The van der Waals surface area contributed by atoms with Crippen LogP contribution >= 0.6 is 23.2 Å². The maximum atomic E-state index is 5.87. The SMILES string of the molecule is CNCCNCc1cc(Cl)cc(Cl)c1. The van der Waals surface area contributed by atoms with Gasteiger partial charge in [0.25, 0.3) is 0 Å². The molecule has 78 valence electrons. The summed E-state index contributed by atoms with van der Waals surface area (Å²) in [6.07, 6.45) is 0. The van der Waals surface area contributed by atoms with Crippen molar-refractivity contribution in [2.45, 2.75) is 6.54 Å². The first kappa shape index (κ1) is 11.8. The van der Waals surface area contributed by atoms with Crippen LogP contribution < -0.4 is 10.6 Å². The largest absolute Gasteiger partial charge is 0.318 e. The molecule has 14 heavy (non-hydrogen) atoms. The van der Waals surface area contributed by atoms with Crippen LogP contribution in [0.1, 0.15) is 5.56 Å². The van der Waals surface area contributed by atoms with Gasteiger partial charge in [-0.3, -0.25) is 0 Å². The Morgan fingerprint density at radius 2 is 1.71 bits per heavy atom. The quantitative estimate of drug-likeness (QED) is 0.762. The normalized spacial score (nSPS) is 10.5. The van der Waals surface area contributed by atoms with Crippen LogP contribution in [0.2, 0.25) is 10.0 Å². The molecule has 0 fully saturated rings. The van der Waals surface area contributed by atoms with E-state index in [4.69, 9.17) is 23.2 Å². The zero-order chi connectivity index (χ0) is 10.4. The molecule has 4 heteroatoms. The van der Waals surface area contributed by atoms with Gasteiger partial charge in [0.15, 0.2) is 0 Å².